The number of nitrogens with zero attached hydrogens (tertiary/aromatic N) is 1. The average molecular weight is 185 g/mol. The van der Waals surface area contributed by atoms with Crippen LogP contribution in [-0.4, -0.2) is 25.0 Å². The normalized spacial score (nSPS) is 12.8. The summed E-state index contributed by atoms with van der Waals surface area (Å²) in [5.74, 6) is 0.272. The lowest BCUT2D eigenvalue weighted by molar-refractivity contribution is 0.112. The Morgan fingerprint density at radius 1 is 1.83 bits per heavy atom. The Hall–Kier alpha value is -0.740. The van der Waals surface area contributed by atoms with Gasteiger partial charge in [0.1, 0.15) is 0 Å². The van der Waals surface area contributed by atoms with Gasteiger partial charge in [0.2, 0.25) is 0 Å². The van der Waals surface area contributed by atoms with Gasteiger partial charge in [-0.1, -0.05) is 6.92 Å². The van der Waals surface area contributed by atoms with Crippen LogP contribution in [0.15, 0.2) is 6.20 Å². The number of rotatable bonds is 4. The number of hydrogen-bond donors (Lipinski definition) is 0. The molecule has 4 heteroatoms. The number of hydrogen-bond acceptors (Lipinski definition) is 4. The molecule has 0 fully saturated rings. The fourth-order valence-electron chi connectivity index (χ4n) is 0.904. The first-order valence-corrected chi connectivity index (χ1v) is 4.49. The second kappa shape index (κ2) is 4.33. The highest BCUT2D eigenvalue weighted by Crippen LogP contribution is 2.20. The third-order valence-corrected chi connectivity index (χ3v) is 2.65. The van der Waals surface area contributed by atoms with E-state index >= 15 is 0 Å². The van der Waals surface area contributed by atoms with E-state index in [9.17, 15) is 4.79 Å². The van der Waals surface area contributed by atoms with E-state index in [-0.39, 0.29) is 5.92 Å². The van der Waals surface area contributed by atoms with Crippen molar-refractivity contribution in [3.05, 3.63) is 16.1 Å². The van der Waals surface area contributed by atoms with Crippen molar-refractivity contribution in [2.24, 2.45) is 0 Å². The summed E-state index contributed by atoms with van der Waals surface area (Å²) in [6, 6.07) is 0. The standard InChI is InChI=1S/C8H11NO2S/c1-6(5-11-2)8-9-3-7(4-10)12-8/h3-4,6H,5H2,1-2H3. The van der Waals surface area contributed by atoms with Crippen molar-refractivity contribution < 1.29 is 9.53 Å². The summed E-state index contributed by atoms with van der Waals surface area (Å²) >= 11 is 1.42. The summed E-state index contributed by atoms with van der Waals surface area (Å²) in [6.45, 7) is 2.67. The van der Waals surface area contributed by atoms with Gasteiger partial charge in [0.15, 0.2) is 6.29 Å². The Morgan fingerprint density at radius 3 is 3.08 bits per heavy atom. The quantitative estimate of drug-likeness (QED) is 0.670. The van der Waals surface area contributed by atoms with Crippen LogP contribution in [0.1, 0.15) is 27.5 Å². The fourth-order valence-corrected chi connectivity index (χ4v) is 1.67. The molecule has 0 saturated carbocycles. The number of aromatic nitrogens is 1. The molecule has 0 radical (unpaired) electrons. The maximum Gasteiger partial charge on any atom is 0.161 e. The maximum atomic E-state index is 10.3. The molecule has 1 aromatic heterocycles. The summed E-state index contributed by atoms with van der Waals surface area (Å²) in [4.78, 5) is 15.1. The summed E-state index contributed by atoms with van der Waals surface area (Å²) < 4.78 is 4.98. The Labute approximate surface area is 75.4 Å². The summed E-state index contributed by atoms with van der Waals surface area (Å²) in [7, 11) is 1.66. The minimum Gasteiger partial charge on any atom is -0.384 e. The van der Waals surface area contributed by atoms with E-state index in [1.54, 1.807) is 13.3 Å². The van der Waals surface area contributed by atoms with Crippen LogP contribution in [0.4, 0.5) is 0 Å². The molecule has 0 aliphatic heterocycles. The van der Waals surface area contributed by atoms with Crippen molar-refractivity contribution in [3.63, 3.8) is 0 Å². The minimum atomic E-state index is 0.272. The predicted molar refractivity (Wildman–Crippen MR) is 47.8 cm³/mol. The number of carbonyl (C=O) groups excluding carboxylic acids is 1. The molecular weight excluding hydrogens is 174 g/mol. The molecule has 0 aliphatic carbocycles. The molecule has 0 bridgehead atoms. The van der Waals surface area contributed by atoms with Crippen molar-refractivity contribution in [1.29, 1.82) is 0 Å². The molecule has 1 unspecified atom stereocenters. The number of thiazole rings is 1. The smallest absolute Gasteiger partial charge is 0.161 e. The number of methoxy groups -OCH3 is 1. The number of carbonyl (C=O) groups is 1. The fraction of sp³-hybridized carbons (Fsp3) is 0.500. The third kappa shape index (κ3) is 2.12. The second-order valence-corrected chi connectivity index (χ2v) is 3.67. The molecule has 0 aromatic carbocycles. The van der Waals surface area contributed by atoms with E-state index in [0.717, 1.165) is 11.3 Å². The molecule has 0 saturated heterocycles. The van der Waals surface area contributed by atoms with Gasteiger partial charge in [-0.05, 0) is 0 Å². The molecule has 0 aliphatic rings. The summed E-state index contributed by atoms with van der Waals surface area (Å²) in [5, 5.41) is 0.957. The number of aldehydes is 1. The first-order chi connectivity index (χ1) is 5.77. The van der Waals surface area contributed by atoms with Crippen molar-refractivity contribution in [2.75, 3.05) is 13.7 Å². The zero-order chi connectivity index (χ0) is 8.97. The number of ether oxygens (including phenoxy) is 1. The van der Waals surface area contributed by atoms with Crippen LogP contribution in [0.25, 0.3) is 0 Å². The van der Waals surface area contributed by atoms with Gasteiger partial charge >= 0.3 is 0 Å². The Balaban J connectivity index is 2.67. The van der Waals surface area contributed by atoms with Crippen molar-refractivity contribution >= 4 is 17.6 Å². The van der Waals surface area contributed by atoms with Gasteiger partial charge < -0.3 is 4.74 Å². The van der Waals surface area contributed by atoms with E-state index in [0.29, 0.717) is 11.5 Å². The predicted octanol–water partition coefficient (Wildman–Crippen LogP) is 1.71. The molecule has 1 rings (SSSR count). The van der Waals surface area contributed by atoms with Gasteiger partial charge in [-0.25, -0.2) is 4.98 Å². The van der Waals surface area contributed by atoms with Gasteiger partial charge in [0.25, 0.3) is 0 Å². The maximum absolute atomic E-state index is 10.3. The highest BCUT2D eigenvalue weighted by molar-refractivity contribution is 7.13. The van der Waals surface area contributed by atoms with Gasteiger partial charge in [-0.15, -0.1) is 11.3 Å². The molecule has 12 heavy (non-hydrogen) atoms. The molecule has 1 atom stereocenters. The van der Waals surface area contributed by atoms with Crippen LogP contribution in [0.2, 0.25) is 0 Å². The van der Waals surface area contributed by atoms with Crippen LogP contribution in [0.5, 0.6) is 0 Å². The summed E-state index contributed by atoms with van der Waals surface area (Å²) in [6.07, 6.45) is 2.42. The highest BCUT2D eigenvalue weighted by atomic mass is 32.1. The van der Waals surface area contributed by atoms with Crippen molar-refractivity contribution in [2.45, 2.75) is 12.8 Å². The van der Waals surface area contributed by atoms with Gasteiger partial charge in [-0.2, -0.15) is 0 Å². The topological polar surface area (TPSA) is 39.2 Å². The van der Waals surface area contributed by atoms with E-state index in [2.05, 4.69) is 4.98 Å². The molecule has 66 valence electrons. The van der Waals surface area contributed by atoms with E-state index in [1.807, 2.05) is 6.92 Å². The lowest BCUT2D eigenvalue weighted by Crippen LogP contribution is -2.00. The van der Waals surface area contributed by atoms with Crippen molar-refractivity contribution in [1.82, 2.24) is 4.98 Å². The summed E-state index contributed by atoms with van der Waals surface area (Å²) in [5.41, 5.74) is 0. The zero-order valence-electron chi connectivity index (χ0n) is 7.11. The van der Waals surface area contributed by atoms with Crippen LogP contribution in [0.3, 0.4) is 0 Å². The molecule has 0 N–H and O–H groups in total. The lowest BCUT2D eigenvalue weighted by Gasteiger charge is -2.04. The van der Waals surface area contributed by atoms with Gasteiger partial charge in [0.05, 0.1) is 16.5 Å². The first-order valence-electron chi connectivity index (χ1n) is 3.67. The van der Waals surface area contributed by atoms with Gasteiger partial charge in [0, 0.05) is 19.2 Å². The SMILES string of the molecule is COCC(C)c1ncc(C=O)s1. The van der Waals surface area contributed by atoms with Crippen LogP contribution < -0.4 is 0 Å². The van der Waals surface area contributed by atoms with Crippen LogP contribution in [-0.2, 0) is 4.74 Å². The van der Waals surface area contributed by atoms with Crippen LogP contribution in [0, 0.1) is 0 Å². The third-order valence-electron chi connectivity index (χ3n) is 1.50. The monoisotopic (exact) mass is 185 g/mol. The van der Waals surface area contributed by atoms with Crippen molar-refractivity contribution in [3.8, 4) is 0 Å². The van der Waals surface area contributed by atoms with Gasteiger partial charge in [-0.3, -0.25) is 4.79 Å². The Kier molecular flexibility index (Phi) is 3.37. The molecular formula is C8H11NO2S. The van der Waals surface area contributed by atoms with E-state index in [1.165, 1.54) is 11.3 Å². The first kappa shape index (κ1) is 9.35. The lowest BCUT2D eigenvalue weighted by atomic mass is 10.2. The second-order valence-electron chi connectivity index (χ2n) is 2.58. The molecule has 1 heterocycles. The largest absolute Gasteiger partial charge is 0.384 e. The Bertz CT molecular complexity index is 259. The highest BCUT2D eigenvalue weighted by Gasteiger charge is 2.09. The molecule has 0 spiro atoms. The average Bonchev–Trinajstić information content (AvgIpc) is 2.52. The zero-order valence-corrected chi connectivity index (χ0v) is 7.93. The van der Waals surface area contributed by atoms with E-state index in [4.69, 9.17) is 4.74 Å². The molecule has 3 nitrogen and oxygen atoms in total. The molecule has 0 amide bonds. The Morgan fingerprint density at radius 2 is 2.58 bits per heavy atom. The molecule has 1 aromatic rings. The minimum absolute atomic E-state index is 0.272. The van der Waals surface area contributed by atoms with E-state index < -0.39 is 0 Å². The van der Waals surface area contributed by atoms with Crippen LogP contribution >= 0.6 is 11.3 Å².